The maximum Gasteiger partial charge on any atom is 0.269 e. The van der Waals surface area contributed by atoms with Crippen LogP contribution >= 0.6 is 23.4 Å². The predicted octanol–water partition coefficient (Wildman–Crippen LogP) is 1.46. The molecule has 1 aromatic carbocycles. The van der Waals surface area contributed by atoms with Crippen molar-refractivity contribution in [2.24, 2.45) is 0 Å². The lowest BCUT2D eigenvalue weighted by molar-refractivity contribution is -0.119. The molecule has 2 amide bonds. The van der Waals surface area contributed by atoms with E-state index in [4.69, 9.17) is 11.6 Å². The highest BCUT2D eigenvalue weighted by atomic mass is 35.5. The summed E-state index contributed by atoms with van der Waals surface area (Å²) in [7, 11) is 0. The van der Waals surface area contributed by atoms with E-state index < -0.39 is 5.91 Å². The van der Waals surface area contributed by atoms with Gasteiger partial charge in [0.2, 0.25) is 5.91 Å². The van der Waals surface area contributed by atoms with Crippen LogP contribution in [-0.4, -0.2) is 23.8 Å². The Morgan fingerprint density at radius 2 is 2.12 bits per heavy atom. The van der Waals surface area contributed by atoms with Crippen LogP contribution in [0.15, 0.2) is 24.3 Å². The van der Waals surface area contributed by atoms with Crippen molar-refractivity contribution in [3.8, 4) is 0 Å². The minimum Gasteiger partial charge on any atom is -0.272 e. The number of halogens is 1. The summed E-state index contributed by atoms with van der Waals surface area (Å²) < 4.78 is 0. The molecule has 0 saturated heterocycles. The van der Waals surface area contributed by atoms with Gasteiger partial charge in [0, 0.05) is 10.6 Å². The molecule has 16 heavy (non-hydrogen) atoms. The second-order valence-electron chi connectivity index (χ2n) is 2.95. The van der Waals surface area contributed by atoms with E-state index in [2.05, 4.69) is 10.9 Å². The average Bonchev–Trinajstić information content (AvgIpc) is 2.26. The number of hydrazine groups is 1. The minimum atomic E-state index is -0.392. The molecule has 0 aliphatic carbocycles. The van der Waals surface area contributed by atoms with E-state index in [0.29, 0.717) is 16.3 Å². The third kappa shape index (κ3) is 4.12. The van der Waals surface area contributed by atoms with Gasteiger partial charge in [-0.1, -0.05) is 17.7 Å². The van der Waals surface area contributed by atoms with E-state index in [1.165, 1.54) is 17.8 Å². The smallest absolute Gasteiger partial charge is 0.269 e. The first-order chi connectivity index (χ1) is 7.63. The van der Waals surface area contributed by atoms with Gasteiger partial charge in [0.15, 0.2) is 0 Å². The summed E-state index contributed by atoms with van der Waals surface area (Å²) in [6.07, 6.45) is 1.80. The number of hydrogen-bond donors (Lipinski definition) is 2. The third-order valence-electron chi connectivity index (χ3n) is 1.68. The fourth-order valence-corrected chi connectivity index (χ4v) is 1.52. The zero-order chi connectivity index (χ0) is 12.0. The Morgan fingerprint density at radius 1 is 1.38 bits per heavy atom. The summed E-state index contributed by atoms with van der Waals surface area (Å²) in [6.45, 7) is 0. The van der Waals surface area contributed by atoms with Gasteiger partial charge in [-0.05, 0) is 24.5 Å². The standard InChI is InChI=1S/C10H11ClN2O2S/c1-16-6-9(14)12-13-10(15)7-3-2-4-8(11)5-7/h2-5H,6H2,1H3,(H,12,14)(H,13,15). The van der Waals surface area contributed by atoms with Gasteiger partial charge in [-0.25, -0.2) is 0 Å². The molecule has 0 aliphatic rings. The van der Waals surface area contributed by atoms with Crippen molar-refractivity contribution in [2.45, 2.75) is 0 Å². The molecule has 0 bridgehead atoms. The quantitative estimate of drug-likeness (QED) is 0.807. The van der Waals surface area contributed by atoms with E-state index in [1.54, 1.807) is 24.5 Å². The highest BCUT2D eigenvalue weighted by Crippen LogP contribution is 2.09. The fraction of sp³-hybridized carbons (Fsp3) is 0.200. The number of carbonyl (C=O) groups excluding carboxylic acids is 2. The van der Waals surface area contributed by atoms with Gasteiger partial charge in [-0.2, -0.15) is 11.8 Å². The monoisotopic (exact) mass is 258 g/mol. The summed E-state index contributed by atoms with van der Waals surface area (Å²) in [4.78, 5) is 22.6. The number of thioether (sulfide) groups is 1. The number of hydrogen-bond acceptors (Lipinski definition) is 3. The Bertz CT molecular complexity index is 398. The molecular formula is C10H11ClN2O2S. The van der Waals surface area contributed by atoms with E-state index in [-0.39, 0.29) is 5.91 Å². The van der Waals surface area contributed by atoms with Crippen LogP contribution in [0.3, 0.4) is 0 Å². The van der Waals surface area contributed by atoms with Crippen molar-refractivity contribution in [1.29, 1.82) is 0 Å². The van der Waals surface area contributed by atoms with Gasteiger partial charge >= 0.3 is 0 Å². The van der Waals surface area contributed by atoms with Crippen molar-refractivity contribution in [1.82, 2.24) is 10.9 Å². The Hall–Kier alpha value is -1.20. The molecule has 0 atom stereocenters. The molecule has 0 heterocycles. The van der Waals surface area contributed by atoms with Crippen molar-refractivity contribution < 1.29 is 9.59 Å². The highest BCUT2D eigenvalue weighted by Gasteiger charge is 2.06. The van der Waals surface area contributed by atoms with Gasteiger partial charge in [0.25, 0.3) is 5.91 Å². The fourth-order valence-electron chi connectivity index (χ4n) is 0.996. The summed E-state index contributed by atoms with van der Waals surface area (Å²) in [6, 6.07) is 6.48. The SMILES string of the molecule is CSCC(=O)NNC(=O)c1cccc(Cl)c1. The second-order valence-corrected chi connectivity index (χ2v) is 4.25. The van der Waals surface area contributed by atoms with E-state index in [9.17, 15) is 9.59 Å². The van der Waals surface area contributed by atoms with Gasteiger partial charge in [0.05, 0.1) is 5.75 Å². The molecule has 1 aromatic rings. The largest absolute Gasteiger partial charge is 0.272 e. The normalized spacial score (nSPS) is 9.62. The van der Waals surface area contributed by atoms with E-state index >= 15 is 0 Å². The number of benzene rings is 1. The number of rotatable bonds is 3. The summed E-state index contributed by atoms with van der Waals surface area (Å²) in [5.41, 5.74) is 5.00. The van der Waals surface area contributed by atoms with Crippen LogP contribution in [0, 0.1) is 0 Å². The molecule has 0 spiro atoms. The van der Waals surface area contributed by atoms with Crippen LogP contribution in [0.1, 0.15) is 10.4 Å². The average molecular weight is 259 g/mol. The van der Waals surface area contributed by atoms with E-state index in [0.717, 1.165) is 0 Å². The molecule has 0 saturated carbocycles. The predicted molar refractivity (Wildman–Crippen MR) is 65.4 cm³/mol. The summed E-state index contributed by atoms with van der Waals surface area (Å²) in [5.74, 6) is -0.338. The highest BCUT2D eigenvalue weighted by molar-refractivity contribution is 7.99. The Morgan fingerprint density at radius 3 is 2.75 bits per heavy atom. The first-order valence-corrected chi connectivity index (χ1v) is 6.24. The van der Waals surface area contributed by atoms with Crippen molar-refractivity contribution in [2.75, 3.05) is 12.0 Å². The molecule has 4 nitrogen and oxygen atoms in total. The lowest BCUT2D eigenvalue weighted by Crippen LogP contribution is -2.42. The first-order valence-electron chi connectivity index (χ1n) is 4.47. The van der Waals surface area contributed by atoms with Crippen LogP contribution in [0.4, 0.5) is 0 Å². The zero-order valence-electron chi connectivity index (χ0n) is 8.62. The van der Waals surface area contributed by atoms with Gasteiger partial charge in [-0.3, -0.25) is 20.4 Å². The molecule has 6 heteroatoms. The van der Waals surface area contributed by atoms with Gasteiger partial charge in [-0.15, -0.1) is 0 Å². The van der Waals surface area contributed by atoms with Crippen LogP contribution in [0.25, 0.3) is 0 Å². The molecular weight excluding hydrogens is 248 g/mol. The van der Waals surface area contributed by atoms with Crippen LogP contribution in [-0.2, 0) is 4.79 Å². The van der Waals surface area contributed by atoms with Crippen LogP contribution < -0.4 is 10.9 Å². The lowest BCUT2D eigenvalue weighted by Gasteiger charge is -2.06. The Labute approximate surface area is 103 Å². The maximum atomic E-state index is 11.5. The molecule has 0 unspecified atom stereocenters. The second kappa shape index (κ2) is 6.40. The number of amides is 2. The van der Waals surface area contributed by atoms with E-state index in [1.807, 2.05) is 0 Å². The van der Waals surface area contributed by atoms with Crippen molar-refractivity contribution in [3.05, 3.63) is 34.9 Å². The summed E-state index contributed by atoms with van der Waals surface area (Å²) >= 11 is 7.11. The van der Waals surface area contributed by atoms with Crippen molar-refractivity contribution in [3.63, 3.8) is 0 Å². The first kappa shape index (κ1) is 12.9. The zero-order valence-corrected chi connectivity index (χ0v) is 10.2. The van der Waals surface area contributed by atoms with Crippen LogP contribution in [0.5, 0.6) is 0 Å². The maximum absolute atomic E-state index is 11.5. The molecule has 0 fully saturated rings. The molecule has 86 valence electrons. The molecule has 2 N–H and O–H groups in total. The van der Waals surface area contributed by atoms with Gasteiger partial charge < -0.3 is 0 Å². The molecule has 0 aliphatic heterocycles. The minimum absolute atomic E-state index is 0.247. The van der Waals surface area contributed by atoms with Crippen molar-refractivity contribution >= 4 is 35.2 Å². The van der Waals surface area contributed by atoms with Gasteiger partial charge in [0.1, 0.15) is 0 Å². The topological polar surface area (TPSA) is 58.2 Å². The lowest BCUT2D eigenvalue weighted by atomic mass is 10.2. The number of carbonyl (C=O) groups is 2. The molecule has 0 radical (unpaired) electrons. The van der Waals surface area contributed by atoms with Crippen LogP contribution in [0.2, 0.25) is 5.02 Å². The Kier molecular flexibility index (Phi) is 5.14. The molecule has 1 rings (SSSR count). The third-order valence-corrected chi connectivity index (χ3v) is 2.46. The number of nitrogens with one attached hydrogen (secondary N) is 2. The molecule has 0 aromatic heterocycles. The Balaban J connectivity index is 2.50. The summed E-state index contributed by atoms with van der Waals surface area (Å²) in [5, 5.41) is 0.475.